The normalized spacial score (nSPS) is 10.4. The molecular weight excluding hydrogens is 298 g/mol. The van der Waals surface area contributed by atoms with Gasteiger partial charge < -0.3 is 14.8 Å². The van der Waals surface area contributed by atoms with Gasteiger partial charge in [-0.25, -0.2) is 0 Å². The van der Waals surface area contributed by atoms with E-state index in [1.54, 1.807) is 7.11 Å². The zero-order chi connectivity index (χ0) is 13.4. The largest absolute Gasteiger partial charge is 0.382 e. The molecule has 1 amide bonds. The Labute approximate surface area is 116 Å². The summed E-state index contributed by atoms with van der Waals surface area (Å²) in [5.41, 5.74) is 1.64. The molecule has 0 saturated heterocycles. The van der Waals surface area contributed by atoms with Gasteiger partial charge in [0.1, 0.15) is 0 Å². The van der Waals surface area contributed by atoms with Crippen LogP contribution in [-0.2, 0) is 9.47 Å². The maximum atomic E-state index is 11.9. The summed E-state index contributed by atoms with van der Waals surface area (Å²) in [6, 6.07) is 5.64. The van der Waals surface area contributed by atoms with E-state index < -0.39 is 0 Å². The van der Waals surface area contributed by atoms with Crippen molar-refractivity contribution in [3.8, 4) is 0 Å². The number of carbonyl (C=O) groups excluding carboxylic acids is 1. The Morgan fingerprint density at radius 1 is 1.33 bits per heavy atom. The fourth-order valence-corrected chi connectivity index (χ4v) is 1.78. The molecule has 0 bridgehead atoms. The lowest BCUT2D eigenvalue weighted by atomic mass is 10.1. The molecule has 0 spiro atoms. The summed E-state index contributed by atoms with van der Waals surface area (Å²) in [7, 11) is 1.63. The van der Waals surface area contributed by atoms with E-state index in [9.17, 15) is 4.79 Å². The number of halogens is 1. The molecule has 4 nitrogen and oxygen atoms in total. The molecule has 5 heteroatoms. The first-order valence-corrected chi connectivity index (χ1v) is 6.55. The number of rotatable bonds is 7. The zero-order valence-corrected chi connectivity index (χ0v) is 12.2. The van der Waals surface area contributed by atoms with Crippen molar-refractivity contribution in [1.29, 1.82) is 0 Å². The van der Waals surface area contributed by atoms with Gasteiger partial charge in [-0.1, -0.05) is 22.0 Å². The van der Waals surface area contributed by atoms with E-state index in [-0.39, 0.29) is 5.91 Å². The summed E-state index contributed by atoms with van der Waals surface area (Å²) in [6.07, 6.45) is 0. The fraction of sp³-hybridized carbons (Fsp3) is 0.462. The van der Waals surface area contributed by atoms with Gasteiger partial charge in [0, 0.05) is 23.7 Å². The van der Waals surface area contributed by atoms with Gasteiger partial charge in [-0.2, -0.15) is 0 Å². The Kier molecular flexibility index (Phi) is 6.93. The summed E-state index contributed by atoms with van der Waals surface area (Å²) in [4.78, 5) is 11.9. The predicted octanol–water partition coefficient (Wildman–Crippen LogP) is 2.15. The molecule has 0 aromatic heterocycles. The molecule has 1 aromatic carbocycles. The summed E-state index contributed by atoms with van der Waals surface area (Å²) in [5.74, 6) is -0.0795. The van der Waals surface area contributed by atoms with Crippen molar-refractivity contribution in [3.05, 3.63) is 33.8 Å². The minimum atomic E-state index is -0.0795. The second-order valence-corrected chi connectivity index (χ2v) is 4.74. The number of hydrogen-bond donors (Lipinski definition) is 1. The van der Waals surface area contributed by atoms with Crippen LogP contribution in [0.25, 0.3) is 0 Å². The molecular formula is C13H18BrNO3. The third-order valence-electron chi connectivity index (χ3n) is 2.41. The second kappa shape index (κ2) is 8.24. The molecule has 100 valence electrons. The number of carbonyl (C=O) groups is 1. The van der Waals surface area contributed by atoms with E-state index in [1.807, 2.05) is 25.1 Å². The summed E-state index contributed by atoms with van der Waals surface area (Å²) in [5, 5.41) is 2.82. The van der Waals surface area contributed by atoms with Gasteiger partial charge in [0.15, 0.2) is 0 Å². The molecule has 0 saturated carbocycles. The summed E-state index contributed by atoms with van der Waals surface area (Å²) >= 11 is 3.36. The number of benzene rings is 1. The predicted molar refractivity (Wildman–Crippen MR) is 73.9 cm³/mol. The quantitative estimate of drug-likeness (QED) is 0.784. The van der Waals surface area contributed by atoms with Crippen LogP contribution in [0.1, 0.15) is 15.9 Å². The number of hydrogen-bond acceptors (Lipinski definition) is 3. The summed E-state index contributed by atoms with van der Waals surface area (Å²) < 4.78 is 11.0. The van der Waals surface area contributed by atoms with E-state index >= 15 is 0 Å². The monoisotopic (exact) mass is 315 g/mol. The minimum absolute atomic E-state index is 0.0795. The van der Waals surface area contributed by atoms with Gasteiger partial charge >= 0.3 is 0 Å². The first kappa shape index (κ1) is 15.1. The van der Waals surface area contributed by atoms with Crippen molar-refractivity contribution in [2.45, 2.75) is 6.92 Å². The third-order valence-corrected chi connectivity index (χ3v) is 2.90. The maximum Gasteiger partial charge on any atom is 0.251 e. The van der Waals surface area contributed by atoms with Crippen molar-refractivity contribution < 1.29 is 14.3 Å². The van der Waals surface area contributed by atoms with Gasteiger partial charge in [-0.3, -0.25) is 4.79 Å². The van der Waals surface area contributed by atoms with Gasteiger partial charge in [-0.15, -0.1) is 0 Å². The van der Waals surface area contributed by atoms with Crippen molar-refractivity contribution in [2.24, 2.45) is 0 Å². The molecule has 0 fully saturated rings. The standard InChI is InChI=1S/C13H18BrNO3/c1-10-3-4-11(14)9-12(10)13(16)15-5-6-18-8-7-17-2/h3-4,9H,5-8H2,1-2H3,(H,15,16). The molecule has 1 N–H and O–H groups in total. The van der Waals surface area contributed by atoms with E-state index in [1.165, 1.54) is 0 Å². The van der Waals surface area contributed by atoms with Crippen LogP contribution in [0.4, 0.5) is 0 Å². The van der Waals surface area contributed by atoms with Gasteiger partial charge in [0.25, 0.3) is 5.91 Å². The highest BCUT2D eigenvalue weighted by Crippen LogP contribution is 2.15. The van der Waals surface area contributed by atoms with Gasteiger partial charge in [0.05, 0.1) is 19.8 Å². The van der Waals surface area contributed by atoms with Crippen molar-refractivity contribution in [3.63, 3.8) is 0 Å². The highest BCUT2D eigenvalue weighted by atomic mass is 79.9. The van der Waals surface area contributed by atoms with Crippen molar-refractivity contribution in [2.75, 3.05) is 33.5 Å². The highest BCUT2D eigenvalue weighted by Gasteiger charge is 2.08. The number of nitrogens with one attached hydrogen (secondary N) is 1. The number of ether oxygens (including phenoxy) is 2. The Bertz CT molecular complexity index is 396. The van der Waals surface area contributed by atoms with E-state index in [2.05, 4.69) is 21.2 Å². The number of methoxy groups -OCH3 is 1. The van der Waals surface area contributed by atoms with Crippen LogP contribution in [0.3, 0.4) is 0 Å². The molecule has 0 atom stereocenters. The molecule has 0 unspecified atom stereocenters. The average molecular weight is 316 g/mol. The number of aryl methyl sites for hydroxylation is 1. The molecule has 0 aliphatic heterocycles. The molecule has 0 radical (unpaired) electrons. The van der Waals surface area contributed by atoms with Crippen molar-refractivity contribution in [1.82, 2.24) is 5.32 Å². The average Bonchev–Trinajstić information content (AvgIpc) is 2.36. The minimum Gasteiger partial charge on any atom is -0.382 e. The molecule has 0 heterocycles. The second-order valence-electron chi connectivity index (χ2n) is 3.82. The van der Waals surface area contributed by atoms with E-state index in [4.69, 9.17) is 9.47 Å². The van der Waals surface area contributed by atoms with E-state index in [0.29, 0.717) is 31.9 Å². The smallest absolute Gasteiger partial charge is 0.251 e. The molecule has 0 aliphatic carbocycles. The third kappa shape index (κ3) is 5.16. The van der Waals surface area contributed by atoms with Gasteiger partial charge in [0.2, 0.25) is 0 Å². The maximum absolute atomic E-state index is 11.9. The lowest BCUT2D eigenvalue weighted by Crippen LogP contribution is -2.28. The van der Waals surface area contributed by atoms with E-state index in [0.717, 1.165) is 10.0 Å². The fourth-order valence-electron chi connectivity index (χ4n) is 1.42. The lowest BCUT2D eigenvalue weighted by Gasteiger charge is -2.08. The molecule has 0 aliphatic rings. The SMILES string of the molecule is COCCOCCNC(=O)c1cc(Br)ccc1C. The Morgan fingerprint density at radius 3 is 2.83 bits per heavy atom. The highest BCUT2D eigenvalue weighted by molar-refractivity contribution is 9.10. The number of amides is 1. The van der Waals surface area contributed by atoms with Crippen LogP contribution in [-0.4, -0.2) is 39.4 Å². The van der Waals surface area contributed by atoms with Crippen LogP contribution in [0.15, 0.2) is 22.7 Å². The Balaban J connectivity index is 2.34. The first-order chi connectivity index (χ1) is 8.65. The Morgan fingerprint density at radius 2 is 2.11 bits per heavy atom. The van der Waals surface area contributed by atoms with Crippen LogP contribution in [0.5, 0.6) is 0 Å². The van der Waals surface area contributed by atoms with Crippen molar-refractivity contribution >= 4 is 21.8 Å². The lowest BCUT2D eigenvalue weighted by molar-refractivity contribution is 0.0692. The summed E-state index contributed by atoms with van der Waals surface area (Å²) in [6.45, 7) is 4.01. The molecule has 18 heavy (non-hydrogen) atoms. The zero-order valence-electron chi connectivity index (χ0n) is 10.7. The molecule has 1 aromatic rings. The van der Waals surface area contributed by atoms with Gasteiger partial charge in [-0.05, 0) is 24.6 Å². The topological polar surface area (TPSA) is 47.6 Å². The Hall–Kier alpha value is -0.910. The first-order valence-electron chi connectivity index (χ1n) is 5.76. The van der Waals surface area contributed by atoms with Crippen LogP contribution >= 0.6 is 15.9 Å². The molecule has 1 rings (SSSR count). The van der Waals surface area contributed by atoms with Crippen LogP contribution in [0, 0.1) is 6.92 Å². The van der Waals surface area contributed by atoms with Crippen LogP contribution < -0.4 is 5.32 Å². The van der Waals surface area contributed by atoms with Crippen LogP contribution in [0.2, 0.25) is 0 Å².